The van der Waals surface area contributed by atoms with Crippen LogP contribution >= 0.6 is 0 Å². The quantitative estimate of drug-likeness (QED) is 0.756. The highest BCUT2D eigenvalue weighted by atomic mass is 16.5. The second kappa shape index (κ2) is 5.36. The van der Waals surface area contributed by atoms with Crippen molar-refractivity contribution in [3.8, 4) is 5.75 Å². The predicted octanol–water partition coefficient (Wildman–Crippen LogP) is 0.961. The average Bonchev–Trinajstić information content (AvgIpc) is 2.17. The molecule has 0 saturated carbocycles. The van der Waals surface area contributed by atoms with E-state index in [0.717, 1.165) is 5.56 Å². The summed E-state index contributed by atoms with van der Waals surface area (Å²) in [6.45, 7) is 2.21. The van der Waals surface area contributed by atoms with Gasteiger partial charge in [-0.25, -0.2) is 0 Å². The van der Waals surface area contributed by atoms with Crippen molar-refractivity contribution >= 4 is 5.91 Å². The first-order chi connectivity index (χ1) is 7.09. The molecule has 0 aliphatic rings. The minimum atomic E-state index is -0.363. The molecular weight excluding hydrogens is 192 g/mol. The molecule has 0 aromatic heterocycles. The molecule has 0 radical (unpaired) electrons. The first-order valence-electron chi connectivity index (χ1n) is 4.86. The summed E-state index contributed by atoms with van der Waals surface area (Å²) >= 11 is 0. The predicted molar refractivity (Wildman–Crippen MR) is 58.4 cm³/mol. The average molecular weight is 208 g/mol. The van der Waals surface area contributed by atoms with Gasteiger partial charge in [0.15, 0.2) is 0 Å². The maximum absolute atomic E-state index is 10.5. The summed E-state index contributed by atoms with van der Waals surface area (Å²) in [5.74, 6) is 0.351. The highest BCUT2D eigenvalue weighted by Gasteiger charge is 2.01. The third kappa shape index (κ3) is 3.99. The second-order valence-corrected chi connectivity index (χ2v) is 3.43. The van der Waals surface area contributed by atoms with Gasteiger partial charge < -0.3 is 16.2 Å². The molecule has 1 rings (SSSR count). The normalized spacial score (nSPS) is 12.1. The summed E-state index contributed by atoms with van der Waals surface area (Å²) in [7, 11) is 0. The Morgan fingerprint density at radius 3 is 2.87 bits per heavy atom. The van der Waals surface area contributed by atoms with Crippen LogP contribution in [0, 0.1) is 0 Å². The monoisotopic (exact) mass is 208 g/mol. The molecule has 82 valence electrons. The van der Waals surface area contributed by atoms with Crippen LogP contribution in [0.5, 0.6) is 5.75 Å². The zero-order chi connectivity index (χ0) is 11.3. The molecule has 0 aliphatic carbocycles. The number of hydrogen-bond donors (Lipinski definition) is 2. The van der Waals surface area contributed by atoms with Crippen LogP contribution in [0.2, 0.25) is 0 Å². The largest absolute Gasteiger partial charge is 0.493 e. The fourth-order valence-corrected chi connectivity index (χ4v) is 1.16. The topological polar surface area (TPSA) is 78.3 Å². The van der Waals surface area contributed by atoms with Crippen LogP contribution in [0.4, 0.5) is 0 Å². The number of carbonyl (C=O) groups excluding carboxylic acids is 1. The van der Waals surface area contributed by atoms with Crippen LogP contribution in [0.1, 0.15) is 24.9 Å². The summed E-state index contributed by atoms with van der Waals surface area (Å²) in [6.07, 6.45) is 0.225. The minimum Gasteiger partial charge on any atom is -0.493 e. The fraction of sp³-hybridized carbons (Fsp3) is 0.364. The summed E-state index contributed by atoms with van der Waals surface area (Å²) in [4.78, 5) is 10.5. The Morgan fingerprint density at radius 2 is 2.27 bits per heavy atom. The van der Waals surface area contributed by atoms with E-state index >= 15 is 0 Å². The number of primary amides is 1. The molecule has 0 bridgehead atoms. The molecule has 0 fully saturated rings. The van der Waals surface area contributed by atoms with Crippen LogP contribution in [0.25, 0.3) is 0 Å². The number of ether oxygens (including phenoxy) is 1. The molecule has 1 atom stereocenters. The number of benzene rings is 1. The van der Waals surface area contributed by atoms with Crippen molar-refractivity contribution in [2.24, 2.45) is 11.5 Å². The van der Waals surface area contributed by atoms with Gasteiger partial charge in [-0.05, 0) is 24.6 Å². The van der Waals surface area contributed by atoms with Crippen LogP contribution < -0.4 is 16.2 Å². The van der Waals surface area contributed by atoms with E-state index in [2.05, 4.69) is 0 Å². The zero-order valence-corrected chi connectivity index (χ0v) is 8.77. The Bertz CT molecular complexity index is 337. The molecule has 1 amide bonds. The molecule has 0 aliphatic heterocycles. The Kier molecular flexibility index (Phi) is 4.12. The van der Waals surface area contributed by atoms with Gasteiger partial charge >= 0.3 is 0 Å². The summed E-state index contributed by atoms with van der Waals surface area (Å²) in [6, 6.07) is 7.48. The van der Waals surface area contributed by atoms with Crippen LogP contribution in [-0.2, 0) is 4.79 Å². The van der Waals surface area contributed by atoms with E-state index in [4.69, 9.17) is 16.2 Å². The minimum absolute atomic E-state index is 0.0234. The van der Waals surface area contributed by atoms with E-state index in [9.17, 15) is 4.79 Å². The molecule has 0 heterocycles. The van der Waals surface area contributed by atoms with Gasteiger partial charge in [-0.1, -0.05) is 12.1 Å². The third-order valence-electron chi connectivity index (χ3n) is 2.00. The van der Waals surface area contributed by atoms with Gasteiger partial charge in [0.2, 0.25) is 5.91 Å². The van der Waals surface area contributed by atoms with Crippen LogP contribution in [0.3, 0.4) is 0 Å². The van der Waals surface area contributed by atoms with E-state index in [0.29, 0.717) is 12.4 Å². The van der Waals surface area contributed by atoms with Gasteiger partial charge in [0, 0.05) is 6.04 Å². The number of amides is 1. The molecule has 1 aromatic carbocycles. The lowest BCUT2D eigenvalue weighted by molar-refractivity contribution is -0.118. The van der Waals surface area contributed by atoms with Crippen molar-refractivity contribution in [2.75, 3.05) is 6.61 Å². The number of hydrogen-bond acceptors (Lipinski definition) is 3. The lowest BCUT2D eigenvalue weighted by Crippen LogP contribution is -2.14. The van der Waals surface area contributed by atoms with Crippen molar-refractivity contribution in [3.63, 3.8) is 0 Å². The van der Waals surface area contributed by atoms with Crippen molar-refractivity contribution in [1.29, 1.82) is 0 Å². The molecule has 4 heteroatoms. The second-order valence-electron chi connectivity index (χ2n) is 3.43. The van der Waals surface area contributed by atoms with Crippen molar-refractivity contribution in [3.05, 3.63) is 29.8 Å². The molecule has 0 spiro atoms. The molecule has 0 saturated heterocycles. The Morgan fingerprint density at radius 1 is 1.53 bits per heavy atom. The van der Waals surface area contributed by atoms with Gasteiger partial charge in [-0.15, -0.1) is 0 Å². The van der Waals surface area contributed by atoms with Gasteiger partial charge in [0.25, 0.3) is 0 Å². The van der Waals surface area contributed by atoms with Crippen LogP contribution in [-0.4, -0.2) is 12.5 Å². The SMILES string of the molecule is C[C@H](N)c1cccc(OCCC(N)=O)c1. The number of carbonyl (C=O) groups is 1. The molecular formula is C11H16N2O2. The molecule has 0 unspecified atom stereocenters. The maximum Gasteiger partial charge on any atom is 0.220 e. The molecule has 15 heavy (non-hydrogen) atoms. The first-order valence-corrected chi connectivity index (χ1v) is 4.86. The standard InChI is InChI=1S/C11H16N2O2/c1-8(12)9-3-2-4-10(7-9)15-6-5-11(13)14/h2-4,7-8H,5-6,12H2,1H3,(H2,13,14)/t8-/m0/s1. The van der Waals surface area contributed by atoms with E-state index < -0.39 is 0 Å². The number of nitrogens with two attached hydrogens (primary N) is 2. The highest BCUT2D eigenvalue weighted by molar-refractivity contribution is 5.73. The van der Waals surface area contributed by atoms with Crippen molar-refractivity contribution in [2.45, 2.75) is 19.4 Å². The van der Waals surface area contributed by atoms with Gasteiger partial charge in [0.05, 0.1) is 13.0 Å². The lowest BCUT2D eigenvalue weighted by Gasteiger charge is -2.09. The summed E-state index contributed by atoms with van der Waals surface area (Å²) < 4.78 is 5.35. The highest BCUT2D eigenvalue weighted by Crippen LogP contribution is 2.17. The third-order valence-corrected chi connectivity index (χ3v) is 2.00. The maximum atomic E-state index is 10.5. The Balaban J connectivity index is 2.54. The first kappa shape index (κ1) is 11.5. The van der Waals surface area contributed by atoms with Crippen LogP contribution in [0.15, 0.2) is 24.3 Å². The van der Waals surface area contributed by atoms with Crippen molar-refractivity contribution in [1.82, 2.24) is 0 Å². The van der Waals surface area contributed by atoms with Gasteiger partial charge in [-0.2, -0.15) is 0 Å². The molecule has 4 N–H and O–H groups in total. The van der Waals surface area contributed by atoms with E-state index in [1.54, 1.807) is 0 Å². The zero-order valence-electron chi connectivity index (χ0n) is 8.77. The molecule has 4 nitrogen and oxygen atoms in total. The van der Waals surface area contributed by atoms with E-state index in [1.807, 2.05) is 31.2 Å². The Hall–Kier alpha value is -1.55. The fourth-order valence-electron chi connectivity index (χ4n) is 1.16. The molecule has 1 aromatic rings. The van der Waals surface area contributed by atoms with Gasteiger partial charge in [0.1, 0.15) is 5.75 Å². The van der Waals surface area contributed by atoms with Crippen molar-refractivity contribution < 1.29 is 9.53 Å². The van der Waals surface area contributed by atoms with E-state index in [-0.39, 0.29) is 18.4 Å². The number of rotatable bonds is 5. The van der Waals surface area contributed by atoms with Gasteiger partial charge in [-0.3, -0.25) is 4.79 Å². The van der Waals surface area contributed by atoms with E-state index in [1.165, 1.54) is 0 Å². The lowest BCUT2D eigenvalue weighted by atomic mass is 10.1. The summed E-state index contributed by atoms with van der Waals surface area (Å²) in [5.41, 5.74) is 11.7. The smallest absolute Gasteiger partial charge is 0.220 e. The summed E-state index contributed by atoms with van der Waals surface area (Å²) in [5, 5.41) is 0. The Labute approximate surface area is 89.2 Å².